The number of hydrogen-bond acceptors (Lipinski definition) is 5. The largest absolute Gasteiger partial charge is 0.430 e. The van der Waals surface area contributed by atoms with E-state index >= 15 is 0 Å². The lowest BCUT2D eigenvalue weighted by Gasteiger charge is -2.07. The van der Waals surface area contributed by atoms with Crippen LogP contribution in [0, 0.1) is 28.4 Å². The molecular formula is C13H8ClN3O3. The maximum atomic E-state index is 10.9. The second kappa shape index (κ2) is 5.55. The Labute approximate surface area is 119 Å². The van der Waals surface area contributed by atoms with Crippen molar-refractivity contribution in [3.63, 3.8) is 0 Å². The molecule has 0 saturated carbocycles. The Hall–Kier alpha value is -2.65. The summed E-state index contributed by atoms with van der Waals surface area (Å²) >= 11 is 5.80. The topological polar surface area (TPSA) is 89.0 Å². The standard InChI is InChI=1S/C13H8ClN3O3/c1-8-2-3-9(7-15)13(16-8)20-12-6-10(14)4-5-11(12)17(18)19/h2-6H,1H3. The highest BCUT2D eigenvalue weighted by Crippen LogP contribution is 2.34. The van der Waals surface area contributed by atoms with Gasteiger partial charge in [0, 0.05) is 22.8 Å². The lowest BCUT2D eigenvalue weighted by Crippen LogP contribution is -1.97. The van der Waals surface area contributed by atoms with Crippen LogP contribution in [-0.4, -0.2) is 9.91 Å². The van der Waals surface area contributed by atoms with Crippen LogP contribution in [0.4, 0.5) is 5.69 Å². The van der Waals surface area contributed by atoms with Crippen molar-refractivity contribution in [3.05, 3.63) is 56.7 Å². The molecule has 0 atom stereocenters. The Kier molecular flexibility index (Phi) is 3.82. The predicted molar refractivity (Wildman–Crippen MR) is 71.9 cm³/mol. The maximum absolute atomic E-state index is 10.9. The number of hydrogen-bond donors (Lipinski definition) is 0. The van der Waals surface area contributed by atoms with Gasteiger partial charge in [-0.3, -0.25) is 10.1 Å². The average molecular weight is 290 g/mol. The summed E-state index contributed by atoms with van der Waals surface area (Å²) < 4.78 is 5.39. The number of ether oxygens (including phenoxy) is 1. The van der Waals surface area contributed by atoms with E-state index < -0.39 is 4.92 Å². The third-order valence-electron chi connectivity index (χ3n) is 2.45. The smallest absolute Gasteiger partial charge is 0.311 e. The fourth-order valence-electron chi connectivity index (χ4n) is 1.52. The fourth-order valence-corrected chi connectivity index (χ4v) is 1.68. The van der Waals surface area contributed by atoms with Crippen LogP contribution in [0.5, 0.6) is 11.6 Å². The van der Waals surface area contributed by atoms with E-state index in [1.807, 2.05) is 6.07 Å². The van der Waals surface area contributed by atoms with E-state index in [-0.39, 0.29) is 27.9 Å². The lowest BCUT2D eigenvalue weighted by molar-refractivity contribution is -0.385. The van der Waals surface area contributed by atoms with E-state index in [9.17, 15) is 10.1 Å². The highest BCUT2D eigenvalue weighted by Gasteiger charge is 2.18. The fraction of sp³-hybridized carbons (Fsp3) is 0.0769. The number of benzene rings is 1. The van der Waals surface area contributed by atoms with E-state index in [0.29, 0.717) is 5.69 Å². The molecule has 100 valence electrons. The maximum Gasteiger partial charge on any atom is 0.311 e. The van der Waals surface area contributed by atoms with Crippen LogP contribution in [0.2, 0.25) is 5.02 Å². The Bertz CT molecular complexity index is 725. The van der Waals surface area contributed by atoms with Crippen molar-refractivity contribution in [2.24, 2.45) is 0 Å². The average Bonchev–Trinajstić information content (AvgIpc) is 2.38. The molecule has 0 bridgehead atoms. The number of nitriles is 1. The molecule has 0 unspecified atom stereocenters. The second-order valence-corrected chi connectivity index (χ2v) is 4.32. The molecule has 0 aliphatic rings. The summed E-state index contributed by atoms with van der Waals surface area (Å²) in [5.74, 6) is -0.0463. The van der Waals surface area contributed by atoms with Crippen LogP contribution in [0.15, 0.2) is 30.3 Å². The number of aryl methyl sites for hydroxylation is 1. The quantitative estimate of drug-likeness (QED) is 0.636. The second-order valence-electron chi connectivity index (χ2n) is 3.89. The first-order chi connectivity index (χ1) is 9.51. The molecule has 0 radical (unpaired) electrons. The van der Waals surface area contributed by atoms with Gasteiger partial charge < -0.3 is 4.74 Å². The molecule has 20 heavy (non-hydrogen) atoms. The molecule has 0 amide bonds. The SMILES string of the molecule is Cc1ccc(C#N)c(Oc2cc(Cl)ccc2[N+](=O)[O-])n1. The molecule has 2 aromatic rings. The van der Waals surface area contributed by atoms with E-state index in [4.69, 9.17) is 21.6 Å². The highest BCUT2D eigenvalue weighted by atomic mass is 35.5. The Morgan fingerprint density at radius 1 is 1.40 bits per heavy atom. The van der Waals surface area contributed by atoms with Crippen molar-refractivity contribution < 1.29 is 9.66 Å². The summed E-state index contributed by atoms with van der Waals surface area (Å²) in [6.07, 6.45) is 0. The van der Waals surface area contributed by atoms with Gasteiger partial charge >= 0.3 is 5.69 Å². The number of halogens is 1. The first-order valence-corrected chi connectivity index (χ1v) is 5.88. The van der Waals surface area contributed by atoms with Gasteiger partial charge in [-0.1, -0.05) is 11.6 Å². The Morgan fingerprint density at radius 3 is 2.80 bits per heavy atom. The molecule has 0 aliphatic carbocycles. The zero-order valence-electron chi connectivity index (χ0n) is 10.3. The minimum absolute atomic E-state index is 0.0119. The summed E-state index contributed by atoms with van der Waals surface area (Å²) in [7, 11) is 0. The summed E-state index contributed by atoms with van der Waals surface area (Å²) in [6, 6.07) is 9.04. The first-order valence-electron chi connectivity index (χ1n) is 5.51. The number of aromatic nitrogens is 1. The zero-order valence-corrected chi connectivity index (χ0v) is 11.1. The monoisotopic (exact) mass is 289 g/mol. The third kappa shape index (κ3) is 2.84. The minimum Gasteiger partial charge on any atom is -0.430 e. The number of nitro benzene ring substituents is 1. The van der Waals surface area contributed by atoms with Gasteiger partial charge in [0.25, 0.3) is 0 Å². The van der Waals surface area contributed by atoms with Crippen LogP contribution in [0.3, 0.4) is 0 Å². The predicted octanol–water partition coefficient (Wildman–Crippen LogP) is 3.62. The van der Waals surface area contributed by atoms with E-state index in [1.165, 1.54) is 24.3 Å². The highest BCUT2D eigenvalue weighted by molar-refractivity contribution is 6.30. The van der Waals surface area contributed by atoms with Gasteiger partial charge in [0.2, 0.25) is 11.6 Å². The normalized spacial score (nSPS) is 9.85. The number of rotatable bonds is 3. The summed E-state index contributed by atoms with van der Waals surface area (Å²) in [4.78, 5) is 14.4. The van der Waals surface area contributed by atoms with Crippen LogP contribution < -0.4 is 4.74 Å². The van der Waals surface area contributed by atoms with E-state index in [0.717, 1.165) is 0 Å². The molecule has 0 saturated heterocycles. The molecule has 1 aromatic heterocycles. The van der Waals surface area contributed by atoms with E-state index in [1.54, 1.807) is 13.0 Å². The molecule has 7 heteroatoms. The first kappa shape index (κ1) is 13.8. The van der Waals surface area contributed by atoms with Crippen molar-refractivity contribution in [1.82, 2.24) is 4.98 Å². The molecule has 0 fully saturated rings. The third-order valence-corrected chi connectivity index (χ3v) is 2.68. The van der Waals surface area contributed by atoms with Crippen molar-refractivity contribution in [2.45, 2.75) is 6.92 Å². The summed E-state index contributed by atoms with van der Waals surface area (Å²) in [5, 5.41) is 20.2. The molecule has 0 N–H and O–H groups in total. The minimum atomic E-state index is -0.590. The molecule has 1 aromatic carbocycles. The number of pyridine rings is 1. The summed E-state index contributed by atoms with van der Waals surface area (Å²) in [5.41, 5.74) is 0.565. The summed E-state index contributed by atoms with van der Waals surface area (Å²) in [6.45, 7) is 1.72. The van der Waals surface area contributed by atoms with Gasteiger partial charge in [0.1, 0.15) is 11.6 Å². The van der Waals surface area contributed by atoms with Crippen LogP contribution in [0.25, 0.3) is 0 Å². The van der Waals surface area contributed by atoms with Gasteiger partial charge in [-0.05, 0) is 25.1 Å². The van der Waals surface area contributed by atoms with E-state index in [2.05, 4.69) is 4.98 Å². The lowest BCUT2D eigenvalue weighted by atomic mass is 10.2. The van der Waals surface area contributed by atoms with Gasteiger partial charge in [-0.25, -0.2) is 4.98 Å². The Balaban J connectivity index is 2.50. The molecule has 0 aliphatic heterocycles. The van der Waals surface area contributed by atoms with Gasteiger partial charge in [-0.2, -0.15) is 5.26 Å². The van der Waals surface area contributed by atoms with Crippen molar-refractivity contribution in [2.75, 3.05) is 0 Å². The molecule has 2 rings (SSSR count). The molecule has 1 heterocycles. The van der Waals surface area contributed by atoms with Gasteiger partial charge in [-0.15, -0.1) is 0 Å². The van der Waals surface area contributed by atoms with Crippen molar-refractivity contribution >= 4 is 17.3 Å². The molecule has 6 nitrogen and oxygen atoms in total. The van der Waals surface area contributed by atoms with Crippen molar-refractivity contribution in [3.8, 4) is 17.7 Å². The Morgan fingerprint density at radius 2 is 2.15 bits per heavy atom. The van der Waals surface area contributed by atoms with Crippen LogP contribution in [0.1, 0.15) is 11.3 Å². The number of nitro groups is 1. The van der Waals surface area contributed by atoms with Gasteiger partial charge in [0.15, 0.2) is 0 Å². The zero-order chi connectivity index (χ0) is 14.7. The van der Waals surface area contributed by atoms with Crippen molar-refractivity contribution in [1.29, 1.82) is 5.26 Å². The number of nitrogens with zero attached hydrogens (tertiary/aromatic N) is 3. The van der Waals surface area contributed by atoms with Crippen LogP contribution >= 0.6 is 11.6 Å². The molecular weight excluding hydrogens is 282 g/mol. The van der Waals surface area contributed by atoms with Gasteiger partial charge in [0.05, 0.1) is 4.92 Å². The molecule has 0 spiro atoms. The van der Waals surface area contributed by atoms with Crippen LogP contribution in [-0.2, 0) is 0 Å².